The fourth-order valence-electron chi connectivity index (χ4n) is 2.26. The molecule has 108 valence electrons. The third kappa shape index (κ3) is 3.13. The first-order chi connectivity index (χ1) is 9.54. The largest absolute Gasteiger partial charge is 0.392 e. The minimum absolute atomic E-state index is 0.183. The van der Waals surface area contributed by atoms with Crippen molar-refractivity contribution in [2.75, 3.05) is 13.2 Å². The minimum Gasteiger partial charge on any atom is -0.392 e. The van der Waals surface area contributed by atoms with Crippen LogP contribution in [0.5, 0.6) is 0 Å². The van der Waals surface area contributed by atoms with Crippen molar-refractivity contribution < 1.29 is 13.9 Å². The lowest BCUT2D eigenvalue weighted by atomic mass is 9.79. The molecule has 20 heavy (non-hydrogen) atoms. The highest BCUT2D eigenvalue weighted by atomic mass is 32.1. The zero-order chi connectivity index (χ0) is 14.6. The lowest BCUT2D eigenvalue weighted by Gasteiger charge is -2.34. The van der Waals surface area contributed by atoms with Crippen molar-refractivity contribution in [1.29, 1.82) is 0 Å². The van der Waals surface area contributed by atoms with Crippen LogP contribution >= 0.6 is 12.2 Å². The van der Waals surface area contributed by atoms with Crippen LogP contribution in [-0.2, 0) is 16.1 Å². The Labute approximate surface area is 122 Å². The van der Waals surface area contributed by atoms with Crippen molar-refractivity contribution >= 4 is 23.1 Å². The summed E-state index contributed by atoms with van der Waals surface area (Å²) in [5, 5.41) is 2.83. The Kier molecular flexibility index (Phi) is 4.67. The fraction of sp³-hybridized carbons (Fsp3) is 0.429. The summed E-state index contributed by atoms with van der Waals surface area (Å²) in [7, 11) is 0. The van der Waals surface area contributed by atoms with Crippen LogP contribution in [0.15, 0.2) is 24.3 Å². The molecular formula is C14H17FN2O2S. The summed E-state index contributed by atoms with van der Waals surface area (Å²) < 4.78 is 18.1. The average molecular weight is 296 g/mol. The second-order valence-electron chi connectivity index (χ2n) is 4.87. The zero-order valence-corrected chi connectivity index (χ0v) is 11.8. The molecule has 3 N–H and O–H groups in total. The molecule has 0 spiro atoms. The molecule has 0 atom stereocenters. The maximum absolute atomic E-state index is 12.8. The molecule has 0 unspecified atom stereocenters. The number of nitrogens with one attached hydrogen (secondary N) is 1. The number of carbonyl (C=O) groups excluding carboxylic acids is 1. The van der Waals surface area contributed by atoms with Gasteiger partial charge in [-0.05, 0) is 30.5 Å². The molecule has 1 aromatic rings. The molecule has 1 heterocycles. The Morgan fingerprint density at radius 3 is 2.50 bits per heavy atom. The maximum atomic E-state index is 12.8. The molecular weight excluding hydrogens is 279 g/mol. The summed E-state index contributed by atoms with van der Waals surface area (Å²) in [6.07, 6.45) is 0.995. The van der Waals surface area contributed by atoms with Crippen LogP contribution in [0.25, 0.3) is 0 Å². The van der Waals surface area contributed by atoms with E-state index in [4.69, 9.17) is 22.7 Å². The number of hydrogen-bond donors (Lipinski definition) is 2. The molecule has 1 aromatic carbocycles. The van der Waals surface area contributed by atoms with Crippen molar-refractivity contribution in [3.63, 3.8) is 0 Å². The van der Waals surface area contributed by atoms with Crippen molar-refractivity contribution in [1.82, 2.24) is 5.32 Å². The predicted molar refractivity (Wildman–Crippen MR) is 77.5 cm³/mol. The lowest BCUT2D eigenvalue weighted by Crippen LogP contribution is -2.51. The minimum atomic E-state index is -0.826. The molecule has 0 saturated carbocycles. The van der Waals surface area contributed by atoms with Gasteiger partial charge in [-0.25, -0.2) is 4.39 Å². The van der Waals surface area contributed by atoms with Gasteiger partial charge in [-0.2, -0.15) is 0 Å². The van der Waals surface area contributed by atoms with Gasteiger partial charge in [0.25, 0.3) is 0 Å². The van der Waals surface area contributed by atoms with E-state index in [1.807, 2.05) is 0 Å². The molecule has 2 rings (SSSR count). The van der Waals surface area contributed by atoms with Gasteiger partial charge < -0.3 is 15.8 Å². The molecule has 4 nitrogen and oxygen atoms in total. The number of ether oxygens (including phenoxy) is 1. The molecule has 1 amide bonds. The maximum Gasteiger partial charge on any atom is 0.233 e. The standard InChI is InChI=1S/C14H17FN2O2S/c15-11-3-1-10(2-4-11)9-17-13(18)14(12(16)20)5-7-19-8-6-14/h1-4H,5-9H2,(H2,16,20)(H,17,18). The number of amides is 1. The van der Waals surface area contributed by atoms with E-state index in [9.17, 15) is 9.18 Å². The fourth-order valence-corrected chi connectivity index (χ4v) is 2.56. The monoisotopic (exact) mass is 296 g/mol. The number of benzene rings is 1. The quantitative estimate of drug-likeness (QED) is 0.827. The summed E-state index contributed by atoms with van der Waals surface area (Å²) in [6, 6.07) is 5.98. The third-order valence-corrected chi connectivity index (χ3v) is 4.01. The number of rotatable bonds is 4. The van der Waals surface area contributed by atoms with Crippen LogP contribution in [0.2, 0.25) is 0 Å². The number of thiocarbonyl (C=S) groups is 1. The average Bonchev–Trinajstić information content (AvgIpc) is 2.47. The molecule has 0 bridgehead atoms. The van der Waals surface area contributed by atoms with Gasteiger partial charge in [0.2, 0.25) is 5.91 Å². The lowest BCUT2D eigenvalue weighted by molar-refractivity contribution is -0.131. The predicted octanol–water partition coefficient (Wildman–Crippen LogP) is 1.52. The number of carbonyl (C=O) groups is 1. The van der Waals surface area contributed by atoms with Gasteiger partial charge in [-0.1, -0.05) is 24.4 Å². The molecule has 6 heteroatoms. The van der Waals surface area contributed by atoms with Crippen molar-refractivity contribution in [2.24, 2.45) is 11.1 Å². The molecule has 0 radical (unpaired) electrons. The second-order valence-corrected chi connectivity index (χ2v) is 5.31. The topological polar surface area (TPSA) is 64.4 Å². The van der Waals surface area contributed by atoms with Crippen LogP contribution in [0, 0.1) is 11.2 Å². The van der Waals surface area contributed by atoms with Crippen LogP contribution < -0.4 is 11.1 Å². The van der Waals surface area contributed by atoms with Gasteiger partial charge in [0.05, 0.1) is 4.99 Å². The van der Waals surface area contributed by atoms with Crippen LogP contribution in [0.4, 0.5) is 4.39 Å². The summed E-state index contributed by atoms with van der Waals surface area (Å²) in [6.45, 7) is 1.27. The van der Waals surface area contributed by atoms with E-state index in [0.29, 0.717) is 32.6 Å². The Morgan fingerprint density at radius 2 is 1.95 bits per heavy atom. The molecule has 0 aliphatic carbocycles. The van der Waals surface area contributed by atoms with Crippen molar-refractivity contribution in [3.8, 4) is 0 Å². The highest BCUT2D eigenvalue weighted by Crippen LogP contribution is 2.31. The van der Waals surface area contributed by atoms with E-state index >= 15 is 0 Å². The van der Waals surface area contributed by atoms with Crippen LogP contribution in [0.3, 0.4) is 0 Å². The van der Waals surface area contributed by atoms with E-state index in [1.165, 1.54) is 12.1 Å². The van der Waals surface area contributed by atoms with Crippen LogP contribution in [-0.4, -0.2) is 24.1 Å². The molecule has 0 aromatic heterocycles. The van der Waals surface area contributed by atoms with Crippen molar-refractivity contribution in [3.05, 3.63) is 35.6 Å². The second kappa shape index (κ2) is 6.28. The van der Waals surface area contributed by atoms with Gasteiger partial charge in [-0.3, -0.25) is 4.79 Å². The first-order valence-electron chi connectivity index (χ1n) is 6.45. The van der Waals surface area contributed by atoms with Gasteiger partial charge >= 0.3 is 0 Å². The normalized spacial score (nSPS) is 17.4. The first kappa shape index (κ1) is 14.9. The Morgan fingerprint density at radius 1 is 1.35 bits per heavy atom. The summed E-state index contributed by atoms with van der Waals surface area (Å²) >= 11 is 5.06. The van der Waals surface area contributed by atoms with E-state index < -0.39 is 5.41 Å². The zero-order valence-electron chi connectivity index (χ0n) is 11.0. The Hall–Kier alpha value is -1.53. The summed E-state index contributed by atoms with van der Waals surface area (Å²) in [5.41, 5.74) is 5.76. The van der Waals surface area contributed by atoms with Gasteiger partial charge in [0, 0.05) is 19.8 Å². The summed E-state index contributed by atoms with van der Waals surface area (Å²) in [4.78, 5) is 12.6. The molecule has 1 aliphatic rings. The van der Waals surface area contributed by atoms with E-state index in [2.05, 4.69) is 5.32 Å². The van der Waals surface area contributed by atoms with Gasteiger partial charge in [0.1, 0.15) is 11.2 Å². The number of nitrogens with two attached hydrogens (primary N) is 1. The highest BCUT2D eigenvalue weighted by molar-refractivity contribution is 7.80. The van der Waals surface area contributed by atoms with Gasteiger partial charge in [-0.15, -0.1) is 0 Å². The SMILES string of the molecule is NC(=S)C1(C(=O)NCc2ccc(F)cc2)CCOCC1. The molecule has 1 saturated heterocycles. The van der Waals surface area contributed by atoms with E-state index in [1.54, 1.807) is 12.1 Å². The Bertz CT molecular complexity index is 498. The van der Waals surface area contributed by atoms with E-state index in [-0.39, 0.29) is 16.7 Å². The smallest absolute Gasteiger partial charge is 0.233 e. The van der Waals surface area contributed by atoms with Crippen molar-refractivity contribution in [2.45, 2.75) is 19.4 Å². The van der Waals surface area contributed by atoms with Crippen LogP contribution in [0.1, 0.15) is 18.4 Å². The van der Waals surface area contributed by atoms with Gasteiger partial charge in [0.15, 0.2) is 0 Å². The highest BCUT2D eigenvalue weighted by Gasteiger charge is 2.42. The Balaban J connectivity index is 2.02. The molecule has 1 fully saturated rings. The number of halogens is 1. The number of hydrogen-bond acceptors (Lipinski definition) is 3. The first-order valence-corrected chi connectivity index (χ1v) is 6.86. The third-order valence-electron chi connectivity index (χ3n) is 3.62. The van der Waals surface area contributed by atoms with E-state index in [0.717, 1.165) is 5.56 Å². The molecule has 1 aliphatic heterocycles. The summed E-state index contributed by atoms with van der Waals surface area (Å²) in [5.74, 6) is -0.485.